The Labute approximate surface area is 227 Å². The summed E-state index contributed by atoms with van der Waals surface area (Å²) in [7, 11) is 0. The lowest BCUT2D eigenvalue weighted by Gasteiger charge is -2.36. The smallest absolute Gasteiger partial charge is 0.416 e. The minimum Gasteiger partial charge on any atom is -0.481 e. The van der Waals surface area contributed by atoms with Crippen LogP contribution in [0.3, 0.4) is 0 Å². The summed E-state index contributed by atoms with van der Waals surface area (Å²) >= 11 is 1.53. The number of halogens is 3. The van der Waals surface area contributed by atoms with Crippen LogP contribution in [0.25, 0.3) is 0 Å². The lowest BCUT2D eigenvalue weighted by molar-refractivity contribution is -0.138. The number of carboxylic acids is 1. The van der Waals surface area contributed by atoms with E-state index in [4.69, 9.17) is 10.2 Å². The number of para-hydroxylation sites is 1. The number of nitrogens with zero attached hydrogens (tertiary/aromatic N) is 3. The maximum absolute atomic E-state index is 13.3. The van der Waals surface area contributed by atoms with E-state index in [1.165, 1.54) is 23.9 Å². The molecule has 38 heavy (non-hydrogen) atoms. The van der Waals surface area contributed by atoms with Gasteiger partial charge >= 0.3 is 12.1 Å². The molecule has 2 aromatic carbocycles. The molecule has 4 rings (SSSR count). The minimum absolute atomic E-state index is 0.186. The zero-order valence-corrected chi connectivity index (χ0v) is 22.7. The second-order valence-electron chi connectivity index (χ2n) is 9.51. The number of benzene rings is 2. The van der Waals surface area contributed by atoms with Gasteiger partial charge in [-0.1, -0.05) is 43.7 Å². The van der Waals surface area contributed by atoms with E-state index in [-0.39, 0.29) is 6.61 Å². The number of aliphatic hydroxyl groups excluding tert-OH is 1. The zero-order valence-electron chi connectivity index (χ0n) is 21.9. The molecule has 0 unspecified atom stereocenters. The van der Waals surface area contributed by atoms with Gasteiger partial charge in [-0.3, -0.25) is 9.69 Å². The van der Waals surface area contributed by atoms with Gasteiger partial charge < -0.3 is 20.0 Å². The Morgan fingerprint density at radius 3 is 2.18 bits per heavy atom. The van der Waals surface area contributed by atoms with Gasteiger partial charge in [0.15, 0.2) is 0 Å². The van der Waals surface area contributed by atoms with E-state index in [1.807, 2.05) is 29.2 Å². The number of unbranched alkanes of at least 4 members (excludes halogenated alkanes) is 2. The van der Waals surface area contributed by atoms with Gasteiger partial charge in [-0.05, 0) is 49.7 Å². The zero-order chi connectivity index (χ0) is 27.5. The van der Waals surface area contributed by atoms with Crippen LogP contribution in [0.4, 0.5) is 24.5 Å². The fourth-order valence-electron chi connectivity index (χ4n) is 4.60. The van der Waals surface area contributed by atoms with Crippen LogP contribution in [0.15, 0.2) is 52.3 Å². The molecule has 0 spiro atoms. The van der Waals surface area contributed by atoms with E-state index in [0.717, 1.165) is 73.9 Å². The monoisotopic (exact) mass is 553 g/mol. The maximum atomic E-state index is 13.3. The molecule has 2 aromatic rings. The van der Waals surface area contributed by atoms with Gasteiger partial charge in [-0.15, -0.1) is 0 Å². The minimum atomic E-state index is -4.35. The molecular weight excluding hydrogens is 515 g/mol. The van der Waals surface area contributed by atoms with Gasteiger partial charge in [0, 0.05) is 55.5 Å². The van der Waals surface area contributed by atoms with Crippen molar-refractivity contribution in [1.82, 2.24) is 9.80 Å². The molecule has 0 bridgehead atoms. The molecule has 2 aliphatic rings. The quantitative estimate of drug-likeness (QED) is 0.352. The molecule has 1 saturated heterocycles. The van der Waals surface area contributed by atoms with Crippen molar-refractivity contribution in [2.45, 2.75) is 55.0 Å². The van der Waals surface area contributed by atoms with E-state index in [1.54, 1.807) is 6.07 Å². The fraction of sp³-hybridized carbons (Fsp3) is 0.536. The summed E-state index contributed by atoms with van der Waals surface area (Å²) in [5.74, 6) is -0.682. The number of hydrogen-bond donors (Lipinski definition) is 2. The van der Waals surface area contributed by atoms with Crippen LogP contribution in [-0.2, 0) is 11.0 Å². The van der Waals surface area contributed by atoms with E-state index in [2.05, 4.69) is 16.7 Å². The van der Waals surface area contributed by atoms with Crippen molar-refractivity contribution in [1.29, 1.82) is 0 Å². The van der Waals surface area contributed by atoms with E-state index in [0.29, 0.717) is 25.2 Å². The molecule has 0 atom stereocenters. The van der Waals surface area contributed by atoms with Gasteiger partial charge in [0.1, 0.15) is 0 Å². The highest BCUT2D eigenvalue weighted by Gasteiger charge is 2.33. The molecule has 10 heteroatoms. The molecule has 2 heterocycles. The number of β-amino-alcohol motifs (C(OH)–C–C–N with tert-alkyl or cyclic N) is 1. The molecule has 210 valence electrons. The van der Waals surface area contributed by atoms with Crippen molar-refractivity contribution in [2.24, 2.45) is 0 Å². The van der Waals surface area contributed by atoms with Gasteiger partial charge in [0.25, 0.3) is 0 Å². The van der Waals surface area contributed by atoms with Crippen molar-refractivity contribution in [2.75, 3.05) is 57.3 Å². The van der Waals surface area contributed by atoms with Crippen molar-refractivity contribution in [3.8, 4) is 0 Å². The molecule has 0 aromatic heterocycles. The predicted molar refractivity (Wildman–Crippen MR) is 145 cm³/mol. The standard InChI is InChI=1S/C22H26F3N3OS.C6H12O2/c23-22(24,25)17-6-7-21-19(16-17)28(18-4-1-2-5-20(18)30-21)9-3-8-26-10-12-27(13-11-26)14-15-29;1-2-3-4-5-6(7)8/h1-2,4-7,16,29H,3,8-15H2;2-5H2,1H3,(H,7,8). The number of alkyl halides is 3. The Morgan fingerprint density at radius 2 is 1.55 bits per heavy atom. The Balaban J connectivity index is 0.000000436. The molecule has 6 nitrogen and oxygen atoms in total. The molecule has 0 radical (unpaired) electrons. The molecule has 1 fully saturated rings. The number of aliphatic hydroxyl groups is 1. The molecule has 2 N–H and O–H groups in total. The molecule has 0 amide bonds. The first-order valence-corrected chi connectivity index (χ1v) is 14.1. The summed E-state index contributed by atoms with van der Waals surface area (Å²) in [4.78, 5) is 18.5. The van der Waals surface area contributed by atoms with Crippen molar-refractivity contribution in [3.05, 3.63) is 48.0 Å². The van der Waals surface area contributed by atoms with Crippen LogP contribution in [0.5, 0.6) is 0 Å². The highest BCUT2D eigenvalue weighted by Crippen LogP contribution is 2.49. The number of aliphatic carboxylic acids is 1. The second-order valence-corrected chi connectivity index (χ2v) is 10.6. The summed E-state index contributed by atoms with van der Waals surface area (Å²) in [6, 6.07) is 11.9. The first-order chi connectivity index (χ1) is 18.2. The van der Waals surface area contributed by atoms with E-state index in [9.17, 15) is 18.0 Å². The average Bonchev–Trinajstić information content (AvgIpc) is 2.89. The molecular formula is C28H38F3N3O3S. The molecule has 0 aliphatic carbocycles. The topological polar surface area (TPSA) is 67.2 Å². The third kappa shape index (κ3) is 8.90. The normalized spacial score (nSPS) is 15.9. The van der Waals surface area contributed by atoms with Crippen molar-refractivity contribution >= 4 is 29.1 Å². The summed E-state index contributed by atoms with van der Waals surface area (Å²) in [5, 5.41) is 17.2. The Morgan fingerprint density at radius 1 is 0.895 bits per heavy atom. The maximum Gasteiger partial charge on any atom is 0.416 e. The number of carbonyl (C=O) groups is 1. The molecule has 0 saturated carbocycles. The molecule has 2 aliphatic heterocycles. The first kappa shape index (κ1) is 30.3. The number of rotatable bonds is 10. The number of carboxylic acid groups (broad SMARTS) is 1. The van der Waals surface area contributed by atoms with Gasteiger partial charge in [0.05, 0.1) is 23.5 Å². The number of piperazine rings is 1. The third-order valence-electron chi connectivity index (χ3n) is 6.68. The fourth-order valence-corrected chi connectivity index (χ4v) is 5.68. The SMILES string of the molecule is CCCCCC(=O)O.OCCN1CCN(CCCN2c3ccccc3Sc3ccc(C(F)(F)F)cc32)CC1. The Bertz CT molecular complexity index is 1030. The largest absolute Gasteiger partial charge is 0.481 e. The average molecular weight is 554 g/mol. The summed E-state index contributed by atoms with van der Waals surface area (Å²) < 4.78 is 39.9. The summed E-state index contributed by atoms with van der Waals surface area (Å²) in [6.45, 7) is 8.35. The summed E-state index contributed by atoms with van der Waals surface area (Å²) in [6.07, 6.45) is -0.204. The number of anilines is 2. The predicted octanol–water partition coefficient (Wildman–Crippen LogP) is 5.96. The van der Waals surface area contributed by atoms with Crippen LogP contribution in [0, 0.1) is 0 Å². The van der Waals surface area contributed by atoms with Crippen LogP contribution in [0.2, 0.25) is 0 Å². The Kier molecular flexibility index (Phi) is 11.8. The first-order valence-electron chi connectivity index (χ1n) is 13.3. The van der Waals surface area contributed by atoms with E-state index >= 15 is 0 Å². The van der Waals surface area contributed by atoms with Crippen LogP contribution >= 0.6 is 11.8 Å². The number of fused-ring (bicyclic) bond motifs is 2. The summed E-state index contributed by atoms with van der Waals surface area (Å²) in [5.41, 5.74) is 1.01. The second kappa shape index (κ2) is 14.8. The van der Waals surface area contributed by atoms with E-state index < -0.39 is 17.7 Å². The van der Waals surface area contributed by atoms with Gasteiger partial charge in [0.2, 0.25) is 0 Å². The lowest BCUT2D eigenvalue weighted by Crippen LogP contribution is -2.47. The third-order valence-corrected chi connectivity index (χ3v) is 7.81. The Hall–Kier alpha value is -2.27. The van der Waals surface area contributed by atoms with Crippen LogP contribution in [0.1, 0.15) is 44.6 Å². The van der Waals surface area contributed by atoms with Crippen LogP contribution < -0.4 is 4.90 Å². The highest BCUT2D eigenvalue weighted by molar-refractivity contribution is 7.99. The van der Waals surface area contributed by atoms with Crippen molar-refractivity contribution in [3.63, 3.8) is 0 Å². The van der Waals surface area contributed by atoms with Gasteiger partial charge in [-0.2, -0.15) is 13.2 Å². The van der Waals surface area contributed by atoms with Crippen molar-refractivity contribution < 1.29 is 28.2 Å². The van der Waals surface area contributed by atoms with Gasteiger partial charge in [-0.25, -0.2) is 0 Å². The number of hydrogen-bond acceptors (Lipinski definition) is 6. The highest BCUT2D eigenvalue weighted by atomic mass is 32.2. The van der Waals surface area contributed by atoms with Crippen LogP contribution in [-0.4, -0.2) is 78.4 Å². The lowest BCUT2D eigenvalue weighted by atomic mass is 10.1.